The van der Waals surface area contributed by atoms with Gasteiger partial charge in [0.05, 0.1) is 0 Å². The molecular formula is C110H76. The molecule has 25 rings (SSSR count). The molecule has 0 heteroatoms. The second-order valence-corrected chi connectivity index (χ2v) is 28.9. The quantitative estimate of drug-likeness (QED) is 0.105. The largest absolute Gasteiger partial charge is 0.0619 e. The minimum atomic E-state index is 1.09. The van der Waals surface area contributed by atoms with Crippen molar-refractivity contribution in [3.63, 3.8) is 0 Å². The Bertz CT molecular complexity index is 6900. The fraction of sp³-hybridized carbons (Fsp3) is 0.0182. The molecule has 110 heavy (non-hydrogen) atoms. The molecule has 516 valence electrons. The summed E-state index contributed by atoms with van der Waals surface area (Å²) in [6.45, 7) is 0. The van der Waals surface area contributed by atoms with Crippen molar-refractivity contribution in [1.82, 2.24) is 0 Å². The van der Waals surface area contributed by atoms with Gasteiger partial charge in [-0.05, 0) is 232 Å². The van der Waals surface area contributed by atoms with Crippen molar-refractivity contribution in [3.8, 4) is 22.3 Å². The maximum atomic E-state index is 2.33. The number of benzene rings is 23. The van der Waals surface area contributed by atoms with Crippen LogP contribution in [0.2, 0.25) is 0 Å². The van der Waals surface area contributed by atoms with Gasteiger partial charge < -0.3 is 0 Å². The highest BCUT2D eigenvalue weighted by Gasteiger charge is 2.28. The van der Waals surface area contributed by atoms with E-state index in [9.17, 15) is 0 Å². The van der Waals surface area contributed by atoms with Crippen LogP contribution in [0.15, 0.2) is 437 Å². The van der Waals surface area contributed by atoms with E-state index in [1.54, 1.807) is 0 Å². The van der Waals surface area contributed by atoms with Crippen molar-refractivity contribution in [1.29, 1.82) is 0 Å². The summed E-state index contributed by atoms with van der Waals surface area (Å²) in [5.74, 6) is 0. The van der Waals surface area contributed by atoms with Gasteiger partial charge in [-0.1, -0.05) is 413 Å². The van der Waals surface area contributed by atoms with E-state index in [1.165, 1.54) is 195 Å². The Morgan fingerprint density at radius 1 is 0.127 bits per heavy atom. The average molecular weight is 1400 g/mol. The number of fused-ring (bicyclic) bond motifs is 22. The Morgan fingerprint density at radius 3 is 0.818 bits per heavy atom. The van der Waals surface area contributed by atoms with Crippen LogP contribution >= 0.6 is 0 Å². The molecule has 0 amide bonds. The van der Waals surface area contributed by atoms with Gasteiger partial charge in [-0.15, -0.1) is 0 Å². The second kappa shape index (κ2) is 29.7. The molecule has 0 saturated heterocycles. The van der Waals surface area contributed by atoms with Crippen molar-refractivity contribution < 1.29 is 0 Å². The van der Waals surface area contributed by atoms with E-state index >= 15 is 0 Å². The van der Waals surface area contributed by atoms with Crippen LogP contribution in [0.3, 0.4) is 0 Å². The Labute approximate surface area is 640 Å². The molecule has 0 aliphatic heterocycles. The smallest absolute Gasteiger partial charge is 0.000718 e. The predicted molar refractivity (Wildman–Crippen MR) is 478 cm³/mol. The molecular weight excluding hydrogens is 1320 g/mol. The Balaban J connectivity index is 0.0000000876. The first-order chi connectivity index (χ1) is 54.5. The minimum absolute atomic E-state index is 1.09. The lowest BCUT2D eigenvalue weighted by Gasteiger charge is -2.09. The topological polar surface area (TPSA) is 0 Å². The summed E-state index contributed by atoms with van der Waals surface area (Å²) < 4.78 is 0. The van der Waals surface area contributed by atoms with E-state index in [0.717, 1.165) is 12.8 Å². The predicted octanol–water partition coefficient (Wildman–Crippen LogP) is 30.5. The van der Waals surface area contributed by atoms with Gasteiger partial charge in [0.2, 0.25) is 0 Å². The van der Waals surface area contributed by atoms with Crippen molar-refractivity contribution >= 4 is 151 Å². The normalized spacial score (nSPS) is 11.6. The van der Waals surface area contributed by atoms with E-state index in [2.05, 4.69) is 437 Å². The molecule has 0 spiro atoms. The number of hydrogen-bond donors (Lipinski definition) is 0. The maximum absolute atomic E-state index is 2.33. The van der Waals surface area contributed by atoms with Crippen LogP contribution in [0.1, 0.15) is 22.3 Å². The van der Waals surface area contributed by atoms with Gasteiger partial charge in [0.15, 0.2) is 0 Å². The number of rotatable bonds is 0. The van der Waals surface area contributed by atoms with Crippen molar-refractivity contribution in [2.45, 2.75) is 12.8 Å². The zero-order valence-electron chi connectivity index (χ0n) is 61.0. The monoisotopic (exact) mass is 1400 g/mol. The zero-order chi connectivity index (χ0) is 73.1. The molecule has 23 aromatic rings. The van der Waals surface area contributed by atoms with Gasteiger partial charge in [0.1, 0.15) is 0 Å². The first kappa shape index (κ1) is 66.6. The molecule has 0 unspecified atom stereocenters. The van der Waals surface area contributed by atoms with E-state index in [4.69, 9.17) is 0 Å². The molecule has 0 saturated carbocycles. The molecule has 2 aliphatic carbocycles. The Kier molecular flexibility index (Phi) is 18.0. The molecule has 0 aromatic heterocycles. The van der Waals surface area contributed by atoms with Gasteiger partial charge in [-0.25, -0.2) is 0 Å². The van der Waals surface area contributed by atoms with Gasteiger partial charge >= 0.3 is 0 Å². The lowest BCUT2D eigenvalue weighted by atomic mass is 9.95. The standard InChI is InChI=1S/C20H14.2C18H12.C16H10.2C14H10.C10H8/c1-3-7-16-14(6-1)12-19-18(16)10-9-15-11-13-5-2-4-8-17(13)20(15)19;1-3-7-16-13(5-1)9-11-15-12-10-14-6-2-4-8-17(14)18(15)16;1-2-7-15-12-18-16(11-14(15)6-1)10-9-13-5-3-4-8-17(13)18;1-3-11-7-9-13-5-2-6-14-10-8-12(4-1)15(11)16(13)14;1-3-7-13-11(5-1)9-10-12-6-2-4-8-14(12)13;1-2-6-12-10-14-8-4-3-7-13(14)9-11(12)5-1;1-2-6-10-8-4-3-7-9(10)5-1/h1-10H,11-12H2;2*1-12H;1-10H;2*1-10H;1-8H. The second-order valence-electron chi connectivity index (χ2n) is 28.9. The summed E-state index contributed by atoms with van der Waals surface area (Å²) in [4.78, 5) is 0. The SMILES string of the molecule is c1cc2ccc3cccc4ccc(c1)c2c34.c1ccc2c(c1)Cc1c-2ccc2c1-c1ccccc1C2.c1ccc2c(c1)ccc1ccc3ccccc3c12.c1ccc2c(c1)ccc1ccccc12.c1ccc2cc3c(ccc4ccccc43)cc2c1.c1ccc2cc3ccccc3cc2c1.c1ccc2ccccc2c1. The first-order valence-corrected chi connectivity index (χ1v) is 38.3. The summed E-state index contributed by atoms with van der Waals surface area (Å²) in [7, 11) is 0. The highest BCUT2D eigenvalue weighted by molar-refractivity contribution is 6.23. The van der Waals surface area contributed by atoms with Crippen LogP contribution in [0.25, 0.3) is 173 Å². The Hall–Kier alpha value is -14.0. The molecule has 0 nitrogen and oxygen atoms in total. The molecule has 0 bridgehead atoms. The van der Waals surface area contributed by atoms with E-state index in [-0.39, 0.29) is 0 Å². The third-order valence-electron chi connectivity index (χ3n) is 22.3. The fourth-order valence-corrected chi connectivity index (χ4v) is 17.0. The van der Waals surface area contributed by atoms with Crippen LogP contribution in [-0.4, -0.2) is 0 Å². The summed E-state index contributed by atoms with van der Waals surface area (Å²) in [5.41, 5.74) is 11.8. The average Bonchev–Trinajstić information content (AvgIpc) is 1.57. The maximum Gasteiger partial charge on any atom is -0.000718 e. The van der Waals surface area contributed by atoms with E-state index in [1.807, 2.05) is 0 Å². The lowest BCUT2D eigenvalue weighted by Crippen LogP contribution is -1.88. The van der Waals surface area contributed by atoms with Crippen molar-refractivity contribution in [2.75, 3.05) is 0 Å². The van der Waals surface area contributed by atoms with E-state index in [0.29, 0.717) is 0 Å². The van der Waals surface area contributed by atoms with Crippen LogP contribution < -0.4 is 0 Å². The molecule has 0 N–H and O–H groups in total. The minimum Gasteiger partial charge on any atom is -0.0619 e. The van der Waals surface area contributed by atoms with Gasteiger partial charge in [-0.3, -0.25) is 0 Å². The lowest BCUT2D eigenvalue weighted by molar-refractivity contribution is 1.23. The molecule has 0 atom stereocenters. The van der Waals surface area contributed by atoms with Crippen LogP contribution in [0.5, 0.6) is 0 Å². The van der Waals surface area contributed by atoms with Gasteiger partial charge in [0, 0.05) is 0 Å². The Morgan fingerprint density at radius 2 is 0.400 bits per heavy atom. The highest BCUT2D eigenvalue weighted by atomic mass is 14.3. The molecule has 0 radical (unpaired) electrons. The first-order valence-electron chi connectivity index (χ1n) is 38.3. The zero-order valence-corrected chi connectivity index (χ0v) is 61.0. The van der Waals surface area contributed by atoms with Crippen LogP contribution in [0.4, 0.5) is 0 Å². The summed E-state index contributed by atoms with van der Waals surface area (Å²) >= 11 is 0. The van der Waals surface area contributed by atoms with Crippen LogP contribution in [-0.2, 0) is 12.8 Å². The van der Waals surface area contributed by atoms with Gasteiger partial charge in [-0.2, -0.15) is 0 Å². The van der Waals surface area contributed by atoms with Crippen molar-refractivity contribution in [3.05, 3.63) is 459 Å². The summed E-state index contributed by atoms with van der Waals surface area (Å²) in [5, 5.41) is 37.2. The molecule has 0 fully saturated rings. The number of hydrogen-bond acceptors (Lipinski definition) is 0. The van der Waals surface area contributed by atoms with Gasteiger partial charge in [0.25, 0.3) is 0 Å². The van der Waals surface area contributed by atoms with Crippen LogP contribution in [0, 0.1) is 0 Å². The third kappa shape index (κ3) is 13.1. The third-order valence-corrected chi connectivity index (χ3v) is 22.3. The highest BCUT2D eigenvalue weighted by Crippen LogP contribution is 2.48. The molecule has 0 heterocycles. The van der Waals surface area contributed by atoms with E-state index < -0.39 is 0 Å². The summed E-state index contributed by atoms with van der Waals surface area (Å²) in [6, 6.07) is 156. The summed E-state index contributed by atoms with van der Waals surface area (Å²) in [6.07, 6.45) is 2.18. The van der Waals surface area contributed by atoms with Crippen molar-refractivity contribution in [2.24, 2.45) is 0 Å². The fourth-order valence-electron chi connectivity index (χ4n) is 17.0. The molecule has 2 aliphatic rings. The molecule has 23 aromatic carbocycles.